The number of carbonyl (C=O) groups excluding carboxylic acids is 1. The second kappa shape index (κ2) is 11.0. The molecule has 0 unspecified atom stereocenters. The normalized spacial score (nSPS) is 11.0. The van der Waals surface area contributed by atoms with Crippen molar-refractivity contribution in [1.82, 2.24) is 20.2 Å². The van der Waals surface area contributed by atoms with Gasteiger partial charge in [0.25, 0.3) is 5.91 Å². The summed E-state index contributed by atoms with van der Waals surface area (Å²) in [5.41, 5.74) is 6.29. The third-order valence-corrected chi connectivity index (χ3v) is 6.04. The molecule has 3 aromatic carbocycles. The number of amides is 1. The van der Waals surface area contributed by atoms with Gasteiger partial charge in [0.1, 0.15) is 5.75 Å². The number of carbonyl (C=O) groups is 1. The first-order valence-electron chi connectivity index (χ1n) is 10.4. The van der Waals surface area contributed by atoms with Crippen LogP contribution in [0.1, 0.15) is 11.1 Å². The van der Waals surface area contributed by atoms with Crippen molar-refractivity contribution in [3.8, 4) is 22.8 Å². The number of hydrazone groups is 1. The van der Waals surface area contributed by atoms with E-state index in [4.69, 9.17) is 16.3 Å². The molecule has 0 saturated carbocycles. The van der Waals surface area contributed by atoms with Gasteiger partial charge in [0.05, 0.1) is 19.1 Å². The summed E-state index contributed by atoms with van der Waals surface area (Å²) in [5, 5.41) is 14.0. The van der Waals surface area contributed by atoms with Crippen LogP contribution in [0.25, 0.3) is 17.1 Å². The first-order valence-corrected chi connectivity index (χ1v) is 11.8. The van der Waals surface area contributed by atoms with Crippen LogP contribution in [0.15, 0.2) is 83.1 Å². The summed E-state index contributed by atoms with van der Waals surface area (Å²) in [7, 11) is 1.60. The molecule has 172 valence electrons. The Kier molecular flexibility index (Phi) is 7.61. The Morgan fingerprint density at radius 3 is 2.62 bits per heavy atom. The number of aromatic nitrogens is 3. The molecule has 4 rings (SSSR count). The first kappa shape index (κ1) is 23.5. The van der Waals surface area contributed by atoms with E-state index in [1.165, 1.54) is 11.8 Å². The van der Waals surface area contributed by atoms with Gasteiger partial charge in [-0.05, 0) is 48.9 Å². The molecule has 9 heteroatoms. The van der Waals surface area contributed by atoms with Gasteiger partial charge in [-0.25, -0.2) is 5.43 Å². The molecule has 0 bridgehead atoms. The number of hydrogen-bond donors (Lipinski definition) is 1. The highest BCUT2D eigenvalue weighted by Crippen LogP contribution is 2.28. The van der Waals surface area contributed by atoms with Crippen LogP contribution in [0.4, 0.5) is 0 Å². The van der Waals surface area contributed by atoms with Crippen LogP contribution in [0, 0.1) is 6.92 Å². The third kappa shape index (κ3) is 5.84. The molecule has 0 radical (unpaired) electrons. The molecule has 0 fully saturated rings. The second-order valence-corrected chi connectivity index (χ2v) is 8.72. The van der Waals surface area contributed by atoms with E-state index in [1.807, 2.05) is 84.3 Å². The van der Waals surface area contributed by atoms with Gasteiger partial charge in [-0.3, -0.25) is 9.36 Å². The van der Waals surface area contributed by atoms with Crippen LogP contribution in [0.5, 0.6) is 5.75 Å². The fraction of sp³-hybridized carbons (Fsp3) is 0.120. The van der Waals surface area contributed by atoms with Gasteiger partial charge in [0, 0.05) is 16.3 Å². The molecule has 0 spiro atoms. The van der Waals surface area contributed by atoms with Crippen molar-refractivity contribution in [1.29, 1.82) is 0 Å². The first-order chi connectivity index (χ1) is 16.5. The molecule has 1 N–H and O–H groups in total. The monoisotopic (exact) mass is 491 g/mol. The molecule has 0 aliphatic rings. The predicted molar refractivity (Wildman–Crippen MR) is 136 cm³/mol. The molecule has 0 aliphatic carbocycles. The highest BCUT2D eigenvalue weighted by atomic mass is 35.5. The Morgan fingerprint density at radius 2 is 1.88 bits per heavy atom. The molecular formula is C25H22ClN5O2S. The topological polar surface area (TPSA) is 81.4 Å². The fourth-order valence-electron chi connectivity index (χ4n) is 3.14. The third-order valence-electron chi connectivity index (χ3n) is 4.86. The number of hydrogen-bond acceptors (Lipinski definition) is 6. The van der Waals surface area contributed by atoms with E-state index in [1.54, 1.807) is 13.3 Å². The molecule has 0 saturated heterocycles. The molecule has 0 aliphatic heterocycles. The van der Waals surface area contributed by atoms with Crippen LogP contribution < -0.4 is 10.2 Å². The van der Waals surface area contributed by atoms with Crippen molar-refractivity contribution in [3.63, 3.8) is 0 Å². The zero-order chi connectivity index (χ0) is 23.9. The minimum absolute atomic E-state index is 0.120. The number of methoxy groups -OCH3 is 1. The minimum Gasteiger partial charge on any atom is -0.497 e. The van der Waals surface area contributed by atoms with Gasteiger partial charge < -0.3 is 4.74 Å². The lowest BCUT2D eigenvalue weighted by atomic mass is 10.1. The maximum atomic E-state index is 12.4. The van der Waals surface area contributed by atoms with E-state index in [-0.39, 0.29) is 11.7 Å². The number of ether oxygens (including phenoxy) is 1. The Morgan fingerprint density at radius 1 is 1.12 bits per heavy atom. The van der Waals surface area contributed by atoms with Gasteiger partial charge in [-0.1, -0.05) is 65.3 Å². The summed E-state index contributed by atoms with van der Waals surface area (Å²) >= 11 is 7.36. The number of rotatable bonds is 8. The van der Waals surface area contributed by atoms with E-state index in [0.29, 0.717) is 16.0 Å². The lowest BCUT2D eigenvalue weighted by Gasteiger charge is -2.10. The van der Waals surface area contributed by atoms with Crippen LogP contribution in [-0.2, 0) is 4.79 Å². The average Bonchev–Trinajstić information content (AvgIpc) is 3.28. The summed E-state index contributed by atoms with van der Waals surface area (Å²) in [6, 6.07) is 22.8. The number of nitrogens with zero attached hydrogens (tertiary/aromatic N) is 4. The SMILES string of the molecule is COc1cccc(/C=N/NC(=O)CSc2nnc(-c3ccc(C)cc3)n2-c2ccc(Cl)cc2)c1. The Bertz CT molecular complexity index is 1300. The van der Waals surface area contributed by atoms with Gasteiger partial charge in [0.2, 0.25) is 0 Å². The fourth-order valence-corrected chi connectivity index (χ4v) is 4.01. The predicted octanol–water partition coefficient (Wildman–Crippen LogP) is 5.15. The smallest absolute Gasteiger partial charge is 0.250 e. The number of thioether (sulfide) groups is 1. The lowest BCUT2D eigenvalue weighted by molar-refractivity contribution is -0.118. The van der Waals surface area contributed by atoms with Crippen LogP contribution in [0.2, 0.25) is 5.02 Å². The van der Waals surface area contributed by atoms with Crippen molar-refractivity contribution in [2.24, 2.45) is 5.10 Å². The molecule has 0 atom stereocenters. The maximum Gasteiger partial charge on any atom is 0.250 e. The summed E-state index contributed by atoms with van der Waals surface area (Å²) in [6.45, 7) is 2.03. The average molecular weight is 492 g/mol. The molecule has 4 aromatic rings. The lowest BCUT2D eigenvalue weighted by Crippen LogP contribution is -2.20. The van der Waals surface area contributed by atoms with Gasteiger partial charge in [-0.15, -0.1) is 10.2 Å². The summed E-state index contributed by atoms with van der Waals surface area (Å²) < 4.78 is 7.10. The van der Waals surface area contributed by atoms with Crippen LogP contribution >= 0.6 is 23.4 Å². The van der Waals surface area contributed by atoms with E-state index < -0.39 is 0 Å². The van der Waals surface area contributed by atoms with E-state index in [9.17, 15) is 4.79 Å². The van der Waals surface area contributed by atoms with Crippen LogP contribution in [-0.4, -0.2) is 39.7 Å². The molecular weight excluding hydrogens is 470 g/mol. The van der Waals surface area contributed by atoms with Crippen LogP contribution in [0.3, 0.4) is 0 Å². The van der Waals surface area contributed by atoms with E-state index in [2.05, 4.69) is 20.7 Å². The number of benzene rings is 3. The Labute approximate surface area is 206 Å². The largest absolute Gasteiger partial charge is 0.497 e. The molecule has 34 heavy (non-hydrogen) atoms. The van der Waals surface area contributed by atoms with E-state index in [0.717, 1.165) is 28.1 Å². The highest BCUT2D eigenvalue weighted by molar-refractivity contribution is 7.99. The van der Waals surface area contributed by atoms with Crippen molar-refractivity contribution < 1.29 is 9.53 Å². The van der Waals surface area contributed by atoms with Crippen molar-refractivity contribution >= 4 is 35.5 Å². The van der Waals surface area contributed by atoms with E-state index >= 15 is 0 Å². The number of nitrogens with one attached hydrogen (secondary N) is 1. The molecule has 1 amide bonds. The zero-order valence-corrected chi connectivity index (χ0v) is 20.2. The standard InChI is InChI=1S/C25H22ClN5O2S/c1-17-6-8-19(9-7-17)24-29-30-25(31(24)21-12-10-20(26)11-13-21)34-16-23(32)28-27-15-18-4-3-5-22(14-18)33-2/h3-15H,16H2,1-2H3,(H,28,32)/b27-15+. The molecule has 1 aromatic heterocycles. The summed E-state index contributed by atoms with van der Waals surface area (Å²) in [6.07, 6.45) is 1.57. The van der Waals surface area contributed by atoms with Crippen molar-refractivity contribution in [2.45, 2.75) is 12.1 Å². The van der Waals surface area contributed by atoms with Crippen molar-refractivity contribution in [2.75, 3.05) is 12.9 Å². The zero-order valence-electron chi connectivity index (χ0n) is 18.6. The number of aryl methyl sites for hydroxylation is 1. The summed E-state index contributed by atoms with van der Waals surface area (Å²) in [4.78, 5) is 12.4. The highest BCUT2D eigenvalue weighted by Gasteiger charge is 2.17. The Hall–Kier alpha value is -3.62. The molecule has 1 heterocycles. The second-order valence-electron chi connectivity index (χ2n) is 7.34. The minimum atomic E-state index is -0.258. The van der Waals surface area contributed by atoms with Gasteiger partial charge >= 0.3 is 0 Å². The van der Waals surface area contributed by atoms with Gasteiger partial charge in [-0.2, -0.15) is 5.10 Å². The Balaban J connectivity index is 1.50. The van der Waals surface area contributed by atoms with Gasteiger partial charge in [0.15, 0.2) is 11.0 Å². The molecule has 7 nitrogen and oxygen atoms in total. The quantitative estimate of drug-likeness (QED) is 0.209. The van der Waals surface area contributed by atoms with Crippen molar-refractivity contribution in [3.05, 3.63) is 88.9 Å². The summed E-state index contributed by atoms with van der Waals surface area (Å²) in [5.74, 6) is 1.26. The maximum absolute atomic E-state index is 12.4. The number of halogens is 1.